The van der Waals surface area contributed by atoms with E-state index in [1.54, 1.807) is 12.1 Å². The van der Waals surface area contributed by atoms with Gasteiger partial charge in [-0.1, -0.05) is 12.8 Å². The topological polar surface area (TPSA) is 66.5 Å². The number of nitrogens with zero attached hydrogens (tertiary/aromatic N) is 1. The van der Waals surface area contributed by atoms with E-state index in [4.69, 9.17) is 0 Å². The SMILES string of the molecule is CC(=O)c1ccc(S(C)(=O)=O)c(NCCN2CCCCCC2)c1. The molecule has 1 aliphatic rings. The molecule has 1 aromatic rings. The molecule has 0 spiro atoms. The molecule has 0 radical (unpaired) electrons. The summed E-state index contributed by atoms with van der Waals surface area (Å²) >= 11 is 0. The number of Topliss-reactive ketones (excluding diaryl/α,β-unsaturated/α-hetero) is 1. The Bertz CT molecular complexity index is 648. The Morgan fingerprint density at radius 3 is 2.39 bits per heavy atom. The summed E-state index contributed by atoms with van der Waals surface area (Å²) < 4.78 is 23.8. The Balaban J connectivity index is 2.07. The van der Waals surface area contributed by atoms with Gasteiger partial charge in [-0.25, -0.2) is 8.42 Å². The lowest BCUT2D eigenvalue weighted by molar-refractivity contribution is 0.101. The van der Waals surface area contributed by atoms with Gasteiger partial charge in [0.05, 0.1) is 10.6 Å². The molecular formula is C17H26N2O3S. The predicted octanol–water partition coefficient (Wildman–Crippen LogP) is 2.58. The molecule has 0 atom stereocenters. The number of carbonyl (C=O) groups excluding carboxylic acids is 1. The van der Waals surface area contributed by atoms with Crippen molar-refractivity contribution in [2.45, 2.75) is 37.5 Å². The molecule has 0 unspecified atom stereocenters. The smallest absolute Gasteiger partial charge is 0.177 e. The molecule has 1 fully saturated rings. The molecule has 128 valence electrons. The molecule has 0 amide bonds. The van der Waals surface area contributed by atoms with Crippen LogP contribution in [0.3, 0.4) is 0 Å². The Morgan fingerprint density at radius 1 is 1.17 bits per heavy atom. The van der Waals surface area contributed by atoms with Crippen LogP contribution in [0, 0.1) is 0 Å². The Labute approximate surface area is 139 Å². The van der Waals surface area contributed by atoms with Gasteiger partial charge in [0, 0.05) is 24.9 Å². The molecule has 0 aromatic heterocycles. The minimum absolute atomic E-state index is 0.0689. The fourth-order valence-electron chi connectivity index (χ4n) is 2.92. The number of sulfone groups is 1. The average Bonchev–Trinajstić information content (AvgIpc) is 2.74. The molecule has 1 N–H and O–H groups in total. The van der Waals surface area contributed by atoms with Gasteiger partial charge in [0.15, 0.2) is 15.6 Å². The Hall–Kier alpha value is -1.40. The highest BCUT2D eigenvalue weighted by Crippen LogP contribution is 2.23. The zero-order chi connectivity index (χ0) is 16.9. The number of nitrogens with one attached hydrogen (secondary N) is 1. The van der Waals surface area contributed by atoms with E-state index in [9.17, 15) is 13.2 Å². The molecule has 1 saturated heterocycles. The van der Waals surface area contributed by atoms with E-state index in [-0.39, 0.29) is 10.7 Å². The third kappa shape index (κ3) is 5.32. The van der Waals surface area contributed by atoms with Crippen molar-refractivity contribution in [2.24, 2.45) is 0 Å². The molecule has 23 heavy (non-hydrogen) atoms. The molecule has 2 rings (SSSR count). The van der Waals surface area contributed by atoms with Crippen LogP contribution < -0.4 is 5.32 Å². The first-order valence-electron chi connectivity index (χ1n) is 8.19. The number of benzene rings is 1. The van der Waals surface area contributed by atoms with E-state index < -0.39 is 9.84 Å². The number of hydrogen-bond donors (Lipinski definition) is 1. The maximum Gasteiger partial charge on any atom is 0.177 e. The van der Waals surface area contributed by atoms with Crippen LogP contribution in [0.1, 0.15) is 43.0 Å². The van der Waals surface area contributed by atoms with Crippen LogP contribution >= 0.6 is 0 Å². The second kappa shape index (κ2) is 7.93. The third-order valence-corrected chi connectivity index (χ3v) is 5.38. The molecule has 5 nitrogen and oxygen atoms in total. The Kier molecular flexibility index (Phi) is 6.18. The molecule has 6 heteroatoms. The van der Waals surface area contributed by atoms with Crippen LogP contribution in [0.15, 0.2) is 23.1 Å². The predicted molar refractivity (Wildman–Crippen MR) is 93.0 cm³/mol. The monoisotopic (exact) mass is 338 g/mol. The molecule has 1 aliphatic heterocycles. The summed E-state index contributed by atoms with van der Waals surface area (Å²) in [5.74, 6) is -0.0689. The van der Waals surface area contributed by atoms with Gasteiger partial charge in [-0.2, -0.15) is 0 Å². The maximum atomic E-state index is 11.9. The van der Waals surface area contributed by atoms with Crippen molar-refractivity contribution < 1.29 is 13.2 Å². The van der Waals surface area contributed by atoms with Crippen LogP contribution in [0.2, 0.25) is 0 Å². The Morgan fingerprint density at radius 2 is 1.83 bits per heavy atom. The number of anilines is 1. The van der Waals surface area contributed by atoms with Gasteiger partial charge in [-0.05, 0) is 51.1 Å². The number of likely N-dealkylation sites (tertiary alicyclic amines) is 1. The number of rotatable bonds is 6. The van der Waals surface area contributed by atoms with Gasteiger partial charge >= 0.3 is 0 Å². The highest BCUT2D eigenvalue weighted by molar-refractivity contribution is 7.90. The molecule has 0 bridgehead atoms. The number of carbonyl (C=O) groups is 1. The van der Waals surface area contributed by atoms with Crippen molar-refractivity contribution in [2.75, 3.05) is 37.8 Å². The first-order chi connectivity index (χ1) is 10.9. The van der Waals surface area contributed by atoms with Crippen LogP contribution in [0.25, 0.3) is 0 Å². The van der Waals surface area contributed by atoms with Crippen molar-refractivity contribution in [1.29, 1.82) is 0 Å². The van der Waals surface area contributed by atoms with Crippen LogP contribution in [-0.4, -0.2) is 51.5 Å². The molecular weight excluding hydrogens is 312 g/mol. The van der Waals surface area contributed by atoms with Crippen molar-refractivity contribution in [3.63, 3.8) is 0 Å². The first kappa shape index (κ1) is 17.9. The van der Waals surface area contributed by atoms with E-state index in [1.165, 1.54) is 44.9 Å². The summed E-state index contributed by atoms with van der Waals surface area (Å²) in [5, 5.41) is 3.21. The molecule has 0 aliphatic carbocycles. The first-order valence-corrected chi connectivity index (χ1v) is 10.1. The van der Waals surface area contributed by atoms with Crippen LogP contribution in [-0.2, 0) is 9.84 Å². The van der Waals surface area contributed by atoms with Gasteiger partial charge in [0.2, 0.25) is 0 Å². The van der Waals surface area contributed by atoms with Crippen molar-refractivity contribution in [3.8, 4) is 0 Å². The fraction of sp³-hybridized carbons (Fsp3) is 0.588. The van der Waals surface area contributed by atoms with E-state index in [2.05, 4.69) is 10.2 Å². The normalized spacial score (nSPS) is 16.8. The lowest BCUT2D eigenvalue weighted by atomic mass is 10.1. The van der Waals surface area contributed by atoms with Gasteiger partial charge in [-0.15, -0.1) is 0 Å². The van der Waals surface area contributed by atoms with E-state index >= 15 is 0 Å². The standard InChI is InChI=1S/C17H26N2O3S/c1-14(20)15-7-8-17(23(2,21)22)16(13-15)18-9-12-19-10-5-3-4-6-11-19/h7-8,13,18H,3-6,9-12H2,1-2H3. The fourth-order valence-corrected chi connectivity index (χ4v) is 3.76. The molecule has 1 heterocycles. The van der Waals surface area contributed by atoms with E-state index in [0.717, 1.165) is 19.6 Å². The van der Waals surface area contributed by atoms with Crippen molar-refractivity contribution in [1.82, 2.24) is 4.90 Å². The van der Waals surface area contributed by atoms with E-state index in [0.29, 0.717) is 17.8 Å². The number of ketones is 1. The van der Waals surface area contributed by atoms with E-state index in [1.807, 2.05) is 0 Å². The van der Waals surface area contributed by atoms with Crippen molar-refractivity contribution >= 4 is 21.3 Å². The summed E-state index contributed by atoms with van der Waals surface area (Å²) in [6, 6.07) is 4.72. The molecule has 0 saturated carbocycles. The zero-order valence-corrected chi connectivity index (χ0v) is 14.8. The number of hydrogen-bond acceptors (Lipinski definition) is 5. The van der Waals surface area contributed by atoms with Gasteiger partial charge < -0.3 is 10.2 Å². The summed E-state index contributed by atoms with van der Waals surface area (Å²) in [5.41, 5.74) is 1.05. The summed E-state index contributed by atoms with van der Waals surface area (Å²) in [7, 11) is -3.32. The quantitative estimate of drug-likeness (QED) is 0.808. The summed E-state index contributed by atoms with van der Waals surface area (Å²) in [6.45, 7) is 5.25. The molecule has 1 aromatic carbocycles. The van der Waals surface area contributed by atoms with Crippen LogP contribution in [0.5, 0.6) is 0 Å². The second-order valence-electron chi connectivity index (χ2n) is 6.22. The van der Waals surface area contributed by atoms with Crippen molar-refractivity contribution in [3.05, 3.63) is 23.8 Å². The van der Waals surface area contributed by atoms with Gasteiger partial charge in [0.25, 0.3) is 0 Å². The average molecular weight is 338 g/mol. The summed E-state index contributed by atoms with van der Waals surface area (Å²) in [4.78, 5) is 14.2. The van der Waals surface area contributed by atoms with Gasteiger partial charge in [-0.3, -0.25) is 4.79 Å². The minimum Gasteiger partial charge on any atom is -0.383 e. The van der Waals surface area contributed by atoms with Gasteiger partial charge in [0.1, 0.15) is 0 Å². The zero-order valence-electron chi connectivity index (χ0n) is 14.0. The second-order valence-corrected chi connectivity index (χ2v) is 8.21. The third-order valence-electron chi connectivity index (χ3n) is 4.23. The maximum absolute atomic E-state index is 11.9. The summed E-state index contributed by atoms with van der Waals surface area (Å²) in [6.07, 6.45) is 6.24. The highest BCUT2D eigenvalue weighted by Gasteiger charge is 2.15. The largest absolute Gasteiger partial charge is 0.383 e. The minimum atomic E-state index is -3.32. The van der Waals surface area contributed by atoms with Crippen LogP contribution in [0.4, 0.5) is 5.69 Å². The highest BCUT2D eigenvalue weighted by atomic mass is 32.2. The lowest BCUT2D eigenvalue weighted by Gasteiger charge is -2.20. The lowest BCUT2D eigenvalue weighted by Crippen LogP contribution is -2.30.